The molecule has 5 heteroatoms. The summed E-state index contributed by atoms with van der Waals surface area (Å²) in [6.07, 6.45) is 4.14. The standard InChI is InChI=1S/C16H15NO3S/c1-2-11-3-5-12(6-4-11)7-9-14(18)17-15-10-8-13(21-15)16(19)20/h3-10H,2H2,1H3,(H,17,18)(H,19,20)/b9-7+. The molecule has 21 heavy (non-hydrogen) atoms. The van der Waals surface area contributed by atoms with Gasteiger partial charge in [0.2, 0.25) is 5.91 Å². The van der Waals surface area contributed by atoms with Gasteiger partial charge in [-0.1, -0.05) is 31.2 Å². The van der Waals surface area contributed by atoms with Crippen molar-refractivity contribution in [2.45, 2.75) is 13.3 Å². The Morgan fingerprint density at radius 1 is 1.19 bits per heavy atom. The second-order valence-electron chi connectivity index (χ2n) is 4.39. The topological polar surface area (TPSA) is 66.4 Å². The summed E-state index contributed by atoms with van der Waals surface area (Å²) in [5.74, 6) is -1.28. The van der Waals surface area contributed by atoms with E-state index in [2.05, 4.69) is 12.2 Å². The number of rotatable bonds is 5. The number of hydrogen-bond donors (Lipinski definition) is 2. The van der Waals surface area contributed by atoms with Crippen LogP contribution in [0.4, 0.5) is 5.00 Å². The molecule has 0 saturated carbocycles. The molecule has 0 fully saturated rings. The molecule has 1 aromatic carbocycles. The zero-order valence-corrected chi connectivity index (χ0v) is 12.3. The fourth-order valence-corrected chi connectivity index (χ4v) is 2.47. The third kappa shape index (κ3) is 4.29. The highest BCUT2D eigenvalue weighted by molar-refractivity contribution is 7.18. The molecule has 0 radical (unpaired) electrons. The molecule has 2 aromatic rings. The van der Waals surface area contributed by atoms with Crippen molar-refractivity contribution in [3.05, 3.63) is 58.5 Å². The Balaban J connectivity index is 1.96. The fourth-order valence-electron chi connectivity index (χ4n) is 1.72. The summed E-state index contributed by atoms with van der Waals surface area (Å²) in [7, 11) is 0. The summed E-state index contributed by atoms with van der Waals surface area (Å²) in [4.78, 5) is 22.7. The largest absolute Gasteiger partial charge is 0.477 e. The summed E-state index contributed by atoms with van der Waals surface area (Å²) < 4.78 is 0. The van der Waals surface area contributed by atoms with Gasteiger partial charge in [0.1, 0.15) is 4.88 Å². The molecule has 0 aliphatic heterocycles. The number of carboxylic acid groups (broad SMARTS) is 1. The van der Waals surface area contributed by atoms with Crippen molar-refractivity contribution >= 4 is 34.3 Å². The molecule has 1 heterocycles. The SMILES string of the molecule is CCc1ccc(/C=C/C(=O)Nc2ccc(C(=O)O)s2)cc1. The molecule has 0 aliphatic carbocycles. The van der Waals surface area contributed by atoms with Gasteiger partial charge in [-0.15, -0.1) is 11.3 Å². The third-order valence-electron chi connectivity index (χ3n) is 2.88. The minimum absolute atomic E-state index is 0.199. The number of nitrogens with one attached hydrogen (secondary N) is 1. The maximum atomic E-state index is 11.7. The van der Waals surface area contributed by atoms with E-state index in [1.807, 2.05) is 24.3 Å². The number of anilines is 1. The van der Waals surface area contributed by atoms with Gasteiger partial charge in [-0.25, -0.2) is 4.79 Å². The Hall–Kier alpha value is -2.40. The van der Waals surface area contributed by atoms with Crippen molar-refractivity contribution in [2.24, 2.45) is 0 Å². The fraction of sp³-hybridized carbons (Fsp3) is 0.125. The molecule has 4 nitrogen and oxygen atoms in total. The van der Waals surface area contributed by atoms with Gasteiger partial charge in [0.25, 0.3) is 0 Å². The van der Waals surface area contributed by atoms with E-state index in [1.54, 1.807) is 12.1 Å². The van der Waals surface area contributed by atoms with Crippen LogP contribution in [0.25, 0.3) is 6.08 Å². The summed E-state index contributed by atoms with van der Waals surface area (Å²) in [6, 6.07) is 11.0. The van der Waals surface area contributed by atoms with Crippen LogP contribution >= 0.6 is 11.3 Å². The van der Waals surface area contributed by atoms with Crippen LogP contribution in [0.5, 0.6) is 0 Å². The van der Waals surface area contributed by atoms with Gasteiger partial charge in [-0.3, -0.25) is 4.79 Å². The molecule has 0 saturated heterocycles. The summed E-state index contributed by atoms with van der Waals surface area (Å²) in [6.45, 7) is 2.09. The molecule has 0 unspecified atom stereocenters. The van der Waals surface area contributed by atoms with Crippen LogP contribution in [0.3, 0.4) is 0 Å². The highest BCUT2D eigenvalue weighted by Gasteiger charge is 2.07. The number of thiophene rings is 1. The maximum absolute atomic E-state index is 11.7. The lowest BCUT2D eigenvalue weighted by molar-refractivity contribution is -0.111. The van der Waals surface area contributed by atoms with E-state index >= 15 is 0 Å². The average molecular weight is 301 g/mol. The van der Waals surface area contributed by atoms with Crippen LogP contribution < -0.4 is 5.32 Å². The summed E-state index contributed by atoms with van der Waals surface area (Å²) >= 11 is 1.03. The Bertz CT molecular complexity index is 671. The monoisotopic (exact) mass is 301 g/mol. The summed E-state index contributed by atoms with van der Waals surface area (Å²) in [5, 5.41) is 12.0. The van der Waals surface area contributed by atoms with Gasteiger partial charge in [-0.05, 0) is 35.8 Å². The quantitative estimate of drug-likeness (QED) is 0.828. The van der Waals surface area contributed by atoms with E-state index in [0.29, 0.717) is 5.00 Å². The first-order valence-corrected chi connectivity index (χ1v) is 7.31. The molecule has 2 N–H and O–H groups in total. The highest BCUT2D eigenvalue weighted by atomic mass is 32.1. The lowest BCUT2D eigenvalue weighted by Crippen LogP contribution is -2.06. The lowest BCUT2D eigenvalue weighted by atomic mass is 10.1. The molecule has 1 aromatic heterocycles. The second kappa shape index (κ2) is 6.85. The highest BCUT2D eigenvalue weighted by Crippen LogP contribution is 2.21. The molecule has 0 atom stereocenters. The van der Waals surface area contributed by atoms with Gasteiger partial charge in [-0.2, -0.15) is 0 Å². The molecule has 0 spiro atoms. The van der Waals surface area contributed by atoms with Crippen molar-refractivity contribution in [1.82, 2.24) is 0 Å². The van der Waals surface area contributed by atoms with Crippen LogP contribution in [-0.4, -0.2) is 17.0 Å². The molecular formula is C16H15NO3S. The number of carbonyl (C=O) groups is 2. The summed E-state index contributed by atoms with van der Waals surface area (Å²) in [5.41, 5.74) is 2.19. The molecule has 0 aliphatic rings. The second-order valence-corrected chi connectivity index (χ2v) is 5.47. The Morgan fingerprint density at radius 2 is 1.90 bits per heavy atom. The van der Waals surface area contributed by atoms with Crippen LogP contribution in [0.1, 0.15) is 27.7 Å². The predicted octanol–water partition coefficient (Wildman–Crippen LogP) is 3.66. The van der Waals surface area contributed by atoms with Crippen LogP contribution in [0, 0.1) is 0 Å². The van der Waals surface area contributed by atoms with Gasteiger partial charge in [0, 0.05) is 6.08 Å². The average Bonchev–Trinajstić information content (AvgIpc) is 2.94. The zero-order chi connectivity index (χ0) is 15.2. The first-order valence-electron chi connectivity index (χ1n) is 6.49. The number of benzene rings is 1. The smallest absolute Gasteiger partial charge is 0.345 e. The Kier molecular flexibility index (Phi) is 4.90. The lowest BCUT2D eigenvalue weighted by Gasteiger charge is -1.98. The maximum Gasteiger partial charge on any atom is 0.345 e. The minimum atomic E-state index is -0.993. The molecule has 2 rings (SSSR count). The van der Waals surface area contributed by atoms with E-state index in [0.717, 1.165) is 23.3 Å². The van der Waals surface area contributed by atoms with E-state index in [1.165, 1.54) is 17.7 Å². The zero-order valence-electron chi connectivity index (χ0n) is 11.5. The van der Waals surface area contributed by atoms with Crippen LogP contribution in [0.2, 0.25) is 0 Å². The molecule has 1 amide bonds. The molecule has 0 bridgehead atoms. The van der Waals surface area contributed by atoms with Gasteiger partial charge < -0.3 is 10.4 Å². The van der Waals surface area contributed by atoms with E-state index < -0.39 is 5.97 Å². The Labute approximate surface area is 126 Å². The van der Waals surface area contributed by atoms with Crippen molar-refractivity contribution in [3.63, 3.8) is 0 Å². The normalized spacial score (nSPS) is 10.7. The molecule has 108 valence electrons. The minimum Gasteiger partial charge on any atom is -0.477 e. The van der Waals surface area contributed by atoms with E-state index in [9.17, 15) is 9.59 Å². The van der Waals surface area contributed by atoms with Crippen LogP contribution in [-0.2, 0) is 11.2 Å². The van der Waals surface area contributed by atoms with E-state index in [-0.39, 0.29) is 10.8 Å². The van der Waals surface area contributed by atoms with Gasteiger partial charge >= 0.3 is 5.97 Å². The first-order chi connectivity index (χ1) is 10.1. The number of carboxylic acids is 1. The predicted molar refractivity (Wildman–Crippen MR) is 84.8 cm³/mol. The Morgan fingerprint density at radius 3 is 2.48 bits per heavy atom. The van der Waals surface area contributed by atoms with Gasteiger partial charge in [0.15, 0.2) is 0 Å². The van der Waals surface area contributed by atoms with Crippen molar-refractivity contribution < 1.29 is 14.7 Å². The van der Waals surface area contributed by atoms with Gasteiger partial charge in [0.05, 0.1) is 5.00 Å². The van der Waals surface area contributed by atoms with Crippen LogP contribution in [0.15, 0.2) is 42.5 Å². The van der Waals surface area contributed by atoms with Crippen molar-refractivity contribution in [2.75, 3.05) is 5.32 Å². The first kappa shape index (κ1) is 15.0. The van der Waals surface area contributed by atoms with E-state index in [4.69, 9.17) is 5.11 Å². The van der Waals surface area contributed by atoms with Crippen molar-refractivity contribution in [3.8, 4) is 0 Å². The molecular weight excluding hydrogens is 286 g/mol. The van der Waals surface area contributed by atoms with Crippen molar-refractivity contribution in [1.29, 1.82) is 0 Å². The number of aromatic carboxylic acids is 1. The number of aryl methyl sites for hydroxylation is 1. The number of carbonyl (C=O) groups excluding carboxylic acids is 1. The number of amides is 1. The number of hydrogen-bond acceptors (Lipinski definition) is 3. The third-order valence-corrected chi connectivity index (χ3v) is 3.87.